The van der Waals surface area contributed by atoms with Crippen LogP contribution in [0.1, 0.15) is 33.3 Å². The number of amides is 3. The largest absolute Gasteiger partial charge is 0.459 e. The Morgan fingerprint density at radius 2 is 1.68 bits per heavy atom. The van der Waals surface area contributed by atoms with Gasteiger partial charge in [0.1, 0.15) is 5.82 Å². The third kappa shape index (κ3) is 5.41. The molecule has 9 heteroatoms. The molecule has 8 nitrogen and oxygen atoms in total. The number of carbonyl (C=O) groups is 3. The zero-order chi connectivity index (χ0) is 26.6. The Kier molecular flexibility index (Phi) is 6.90. The monoisotopic (exact) mass is 513 g/mol. The fourth-order valence-electron chi connectivity index (χ4n) is 4.24. The first-order valence-electron chi connectivity index (χ1n) is 11.9. The molecule has 2 N–H and O–H groups in total. The lowest BCUT2D eigenvalue weighted by Gasteiger charge is -2.24. The minimum atomic E-state index is -1.03. The van der Waals surface area contributed by atoms with Gasteiger partial charge in [0.2, 0.25) is 0 Å². The molecule has 38 heavy (non-hydrogen) atoms. The van der Waals surface area contributed by atoms with Crippen LogP contribution in [0.2, 0.25) is 0 Å². The molecule has 192 valence electrons. The number of halogens is 1. The van der Waals surface area contributed by atoms with Gasteiger partial charge in [-0.05, 0) is 60.5 Å². The fraction of sp³-hybridized carbons (Fsp3) is 0.138. The Balaban J connectivity index is 1.40. The number of benzene rings is 3. The fourth-order valence-corrected chi connectivity index (χ4v) is 4.24. The molecule has 1 aromatic heterocycles. The molecule has 0 saturated carbocycles. The molecule has 1 fully saturated rings. The number of nitrogens with zero attached hydrogens (tertiary/aromatic N) is 1. The SMILES string of the molecule is Cc1ccc(CN2C(=O)O[C@@H](c3ccc(NC(=O)c4ccco4)cc3)[C@H]2C(=O)Nc2cccc(F)c2)cc1. The minimum Gasteiger partial charge on any atom is -0.459 e. The normalized spacial score (nSPS) is 16.7. The van der Waals surface area contributed by atoms with Gasteiger partial charge in [0.25, 0.3) is 11.8 Å². The number of hydrogen-bond acceptors (Lipinski definition) is 5. The van der Waals surface area contributed by atoms with Gasteiger partial charge in [0.05, 0.1) is 12.8 Å². The molecule has 3 aromatic carbocycles. The number of rotatable bonds is 7. The predicted octanol–water partition coefficient (Wildman–Crippen LogP) is 5.68. The topological polar surface area (TPSA) is 101 Å². The summed E-state index contributed by atoms with van der Waals surface area (Å²) in [7, 11) is 0. The number of ether oxygens (including phenoxy) is 1. The Labute approximate surface area is 218 Å². The Morgan fingerprint density at radius 3 is 2.37 bits per heavy atom. The summed E-state index contributed by atoms with van der Waals surface area (Å²) in [6.07, 6.45) is -0.175. The van der Waals surface area contributed by atoms with Crippen LogP contribution in [0.5, 0.6) is 0 Å². The van der Waals surface area contributed by atoms with Crippen molar-refractivity contribution >= 4 is 29.3 Å². The molecule has 5 rings (SSSR count). The van der Waals surface area contributed by atoms with Crippen LogP contribution >= 0.6 is 0 Å². The van der Waals surface area contributed by atoms with Gasteiger partial charge in [-0.3, -0.25) is 14.5 Å². The quantitative estimate of drug-likeness (QED) is 0.331. The molecule has 2 atom stereocenters. The highest BCUT2D eigenvalue weighted by atomic mass is 19.1. The third-order valence-corrected chi connectivity index (χ3v) is 6.16. The summed E-state index contributed by atoms with van der Waals surface area (Å²) in [5.74, 6) is -1.26. The van der Waals surface area contributed by atoms with E-state index >= 15 is 0 Å². The number of nitrogens with one attached hydrogen (secondary N) is 2. The highest BCUT2D eigenvalue weighted by molar-refractivity contribution is 6.02. The molecular formula is C29H24FN3O5. The van der Waals surface area contributed by atoms with E-state index in [0.717, 1.165) is 11.1 Å². The van der Waals surface area contributed by atoms with Crippen molar-refractivity contribution in [2.75, 3.05) is 10.6 Å². The van der Waals surface area contributed by atoms with E-state index < -0.39 is 35.9 Å². The molecular weight excluding hydrogens is 489 g/mol. The molecule has 0 spiro atoms. The van der Waals surface area contributed by atoms with Crippen molar-refractivity contribution in [1.29, 1.82) is 0 Å². The number of anilines is 2. The summed E-state index contributed by atoms with van der Waals surface area (Å²) in [4.78, 5) is 40.1. The van der Waals surface area contributed by atoms with Gasteiger partial charge in [-0.2, -0.15) is 0 Å². The lowest BCUT2D eigenvalue weighted by molar-refractivity contribution is -0.121. The van der Waals surface area contributed by atoms with E-state index in [9.17, 15) is 18.8 Å². The average molecular weight is 514 g/mol. The Hall–Kier alpha value is -4.92. The number of carbonyl (C=O) groups excluding carboxylic acids is 3. The van der Waals surface area contributed by atoms with E-state index in [0.29, 0.717) is 11.3 Å². The number of furan rings is 1. The maximum atomic E-state index is 13.7. The second-order valence-corrected chi connectivity index (χ2v) is 8.92. The zero-order valence-electron chi connectivity index (χ0n) is 20.4. The molecule has 4 aromatic rings. The van der Waals surface area contributed by atoms with Gasteiger partial charge in [-0.25, -0.2) is 9.18 Å². The van der Waals surface area contributed by atoms with Crippen molar-refractivity contribution in [1.82, 2.24) is 4.90 Å². The van der Waals surface area contributed by atoms with Gasteiger partial charge < -0.3 is 19.8 Å². The second kappa shape index (κ2) is 10.6. The highest BCUT2D eigenvalue weighted by Crippen LogP contribution is 2.35. The first-order chi connectivity index (χ1) is 18.4. The van der Waals surface area contributed by atoms with E-state index in [-0.39, 0.29) is 18.0 Å². The van der Waals surface area contributed by atoms with Crippen LogP contribution in [0.15, 0.2) is 95.6 Å². The first-order valence-corrected chi connectivity index (χ1v) is 11.9. The zero-order valence-corrected chi connectivity index (χ0v) is 20.4. The van der Waals surface area contributed by atoms with E-state index in [1.165, 1.54) is 29.4 Å². The lowest BCUT2D eigenvalue weighted by Crippen LogP contribution is -2.43. The van der Waals surface area contributed by atoms with Crippen LogP contribution in [0, 0.1) is 12.7 Å². The summed E-state index contributed by atoms with van der Waals surface area (Å²) >= 11 is 0. The maximum Gasteiger partial charge on any atom is 0.411 e. The van der Waals surface area contributed by atoms with Crippen LogP contribution in [0.3, 0.4) is 0 Å². The molecule has 1 aliphatic heterocycles. The second-order valence-electron chi connectivity index (χ2n) is 8.92. The minimum absolute atomic E-state index is 0.147. The highest BCUT2D eigenvalue weighted by Gasteiger charge is 2.47. The van der Waals surface area contributed by atoms with Crippen LogP contribution < -0.4 is 10.6 Å². The molecule has 0 bridgehead atoms. The number of hydrogen-bond donors (Lipinski definition) is 2. The van der Waals surface area contributed by atoms with Crippen LogP contribution in [0.25, 0.3) is 0 Å². The van der Waals surface area contributed by atoms with Gasteiger partial charge in [0, 0.05) is 11.4 Å². The molecule has 0 unspecified atom stereocenters. The van der Waals surface area contributed by atoms with Crippen molar-refractivity contribution in [2.24, 2.45) is 0 Å². The molecule has 1 aliphatic rings. The van der Waals surface area contributed by atoms with E-state index in [4.69, 9.17) is 9.15 Å². The standard InChI is InChI=1S/C29H24FN3O5/c1-18-7-9-19(10-8-18)17-33-25(28(35)32-23-5-2-4-21(30)16-23)26(38-29(33)36)20-11-13-22(14-12-20)31-27(34)24-6-3-15-37-24/h2-16,25-26H,17H2,1H3,(H,31,34)(H,32,35)/t25-,26-/m0/s1. The molecule has 2 heterocycles. The summed E-state index contributed by atoms with van der Waals surface area (Å²) in [5.41, 5.74) is 3.21. The summed E-state index contributed by atoms with van der Waals surface area (Å²) in [6, 6.07) is 21.9. The maximum absolute atomic E-state index is 13.7. The van der Waals surface area contributed by atoms with Crippen molar-refractivity contribution in [3.05, 3.63) is 119 Å². The molecule has 1 saturated heterocycles. The van der Waals surface area contributed by atoms with Gasteiger partial charge in [0.15, 0.2) is 17.9 Å². The molecule has 3 amide bonds. The predicted molar refractivity (Wildman–Crippen MR) is 138 cm³/mol. The Morgan fingerprint density at radius 1 is 0.921 bits per heavy atom. The van der Waals surface area contributed by atoms with Gasteiger partial charge in [-0.1, -0.05) is 48.0 Å². The molecule has 0 aliphatic carbocycles. The van der Waals surface area contributed by atoms with Crippen molar-refractivity contribution in [3.8, 4) is 0 Å². The number of aryl methyl sites for hydroxylation is 1. The van der Waals surface area contributed by atoms with E-state index in [1.807, 2.05) is 31.2 Å². The third-order valence-electron chi connectivity index (χ3n) is 6.16. The lowest BCUT2D eigenvalue weighted by atomic mass is 10.00. The summed E-state index contributed by atoms with van der Waals surface area (Å²) in [6.45, 7) is 2.11. The average Bonchev–Trinajstić information content (AvgIpc) is 3.55. The van der Waals surface area contributed by atoms with Crippen LogP contribution in [0.4, 0.5) is 20.6 Å². The number of cyclic esters (lactones) is 1. The molecule has 0 radical (unpaired) electrons. The van der Waals surface area contributed by atoms with Crippen molar-refractivity contribution in [3.63, 3.8) is 0 Å². The van der Waals surface area contributed by atoms with Gasteiger partial charge >= 0.3 is 6.09 Å². The summed E-state index contributed by atoms with van der Waals surface area (Å²) < 4.78 is 24.5. The smallest absolute Gasteiger partial charge is 0.411 e. The van der Waals surface area contributed by atoms with E-state index in [1.54, 1.807) is 42.5 Å². The van der Waals surface area contributed by atoms with Gasteiger partial charge in [-0.15, -0.1) is 0 Å². The van der Waals surface area contributed by atoms with Crippen LogP contribution in [-0.2, 0) is 16.1 Å². The van der Waals surface area contributed by atoms with E-state index in [2.05, 4.69) is 10.6 Å². The van der Waals surface area contributed by atoms with Crippen LogP contribution in [-0.4, -0.2) is 28.8 Å². The van der Waals surface area contributed by atoms with Crippen molar-refractivity contribution < 1.29 is 27.9 Å². The first kappa shape index (κ1) is 24.8. The Bertz CT molecular complexity index is 1450. The summed E-state index contributed by atoms with van der Waals surface area (Å²) in [5, 5.41) is 5.43. The van der Waals surface area contributed by atoms with Crippen molar-refractivity contribution in [2.45, 2.75) is 25.6 Å².